The average molecular weight is 417 g/mol. The zero-order valence-electron chi connectivity index (χ0n) is 16.7. The quantitative estimate of drug-likeness (QED) is 0.460. The molecule has 0 aliphatic heterocycles. The summed E-state index contributed by atoms with van der Waals surface area (Å²) in [7, 11) is 1.80. The van der Waals surface area contributed by atoms with Crippen molar-refractivity contribution in [3.8, 4) is 11.3 Å². The number of hydrogen-bond acceptors (Lipinski definition) is 3. The van der Waals surface area contributed by atoms with Crippen molar-refractivity contribution in [1.29, 1.82) is 0 Å². The zero-order valence-corrected chi connectivity index (χ0v) is 16.7. The van der Waals surface area contributed by atoms with Gasteiger partial charge in [0.25, 0.3) is 0 Å². The lowest BCUT2D eigenvalue weighted by Crippen LogP contribution is -2.28. The van der Waals surface area contributed by atoms with E-state index in [-0.39, 0.29) is 12.4 Å². The highest BCUT2D eigenvalue weighted by Gasteiger charge is 2.19. The number of anilines is 1. The number of benzene rings is 3. The van der Waals surface area contributed by atoms with Gasteiger partial charge in [0.05, 0.1) is 11.1 Å². The summed E-state index contributed by atoms with van der Waals surface area (Å²) in [5.41, 5.74) is 9.45. The highest BCUT2D eigenvalue weighted by Crippen LogP contribution is 2.32. The van der Waals surface area contributed by atoms with E-state index >= 15 is 0 Å². The minimum atomic E-state index is -0.533. The summed E-state index contributed by atoms with van der Waals surface area (Å²) in [6.07, 6.45) is 0. The van der Waals surface area contributed by atoms with Crippen molar-refractivity contribution >= 4 is 28.5 Å². The van der Waals surface area contributed by atoms with E-state index in [9.17, 15) is 14.0 Å². The summed E-state index contributed by atoms with van der Waals surface area (Å²) in [4.78, 5) is 24.3. The molecule has 0 bridgehead atoms. The number of urea groups is 1. The highest BCUT2D eigenvalue weighted by molar-refractivity contribution is 6.10. The first-order valence-corrected chi connectivity index (χ1v) is 9.58. The number of nitrogens with two attached hydrogens (primary N) is 1. The van der Waals surface area contributed by atoms with Gasteiger partial charge in [-0.1, -0.05) is 30.3 Å². The lowest BCUT2D eigenvalue weighted by Gasteiger charge is -2.11. The van der Waals surface area contributed by atoms with E-state index in [1.165, 1.54) is 24.3 Å². The molecular weight excluding hydrogens is 397 g/mol. The number of carbonyl (C=O) groups excluding carboxylic acids is 2. The van der Waals surface area contributed by atoms with Crippen molar-refractivity contribution in [2.45, 2.75) is 6.54 Å². The number of aryl methyl sites for hydroxylation is 1. The van der Waals surface area contributed by atoms with Gasteiger partial charge in [0.1, 0.15) is 11.5 Å². The number of hydrogen-bond donors (Lipinski definition) is 3. The van der Waals surface area contributed by atoms with Crippen molar-refractivity contribution in [2.75, 3.05) is 5.32 Å². The second kappa shape index (κ2) is 8.27. The third-order valence-corrected chi connectivity index (χ3v) is 4.96. The van der Waals surface area contributed by atoms with E-state index < -0.39 is 11.9 Å². The van der Waals surface area contributed by atoms with Crippen LogP contribution in [0.25, 0.3) is 22.2 Å². The van der Waals surface area contributed by atoms with E-state index in [1.54, 1.807) is 23.9 Å². The number of primary amides is 1. The van der Waals surface area contributed by atoms with Crippen molar-refractivity contribution in [3.63, 3.8) is 0 Å². The molecule has 0 aliphatic rings. The summed E-state index contributed by atoms with van der Waals surface area (Å²) >= 11 is 0. The molecule has 4 N–H and O–H groups in total. The van der Waals surface area contributed by atoms with Crippen LogP contribution >= 0.6 is 0 Å². The van der Waals surface area contributed by atoms with Crippen molar-refractivity contribution in [1.82, 2.24) is 15.1 Å². The molecule has 0 saturated heterocycles. The number of aromatic nitrogens is 2. The van der Waals surface area contributed by atoms with Gasteiger partial charge in [-0.15, -0.1) is 0 Å². The first kappa shape index (κ1) is 20.1. The number of fused-ring (bicyclic) bond motifs is 1. The first-order chi connectivity index (χ1) is 14.9. The molecule has 0 saturated carbocycles. The topological polar surface area (TPSA) is 102 Å². The van der Waals surface area contributed by atoms with Crippen molar-refractivity contribution in [3.05, 3.63) is 83.7 Å². The first-order valence-electron chi connectivity index (χ1n) is 9.58. The Bertz CT molecular complexity index is 1280. The van der Waals surface area contributed by atoms with Gasteiger partial charge < -0.3 is 16.4 Å². The number of halogens is 1. The maximum absolute atomic E-state index is 13.0. The molecule has 1 heterocycles. The van der Waals surface area contributed by atoms with Gasteiger partial charge in [-0.25, -0.2) is 9.18 Å². The van der Waals surface area contributed by atoms with Crippen molar-refractivity contribution in [2.24, 2.45) is 12.8 Å². The Morgan fingerprint density at radius 3 is 2.52 bits per heavy atom. The van der Waals surface area contributed by atoms with Crippen LogP contribution in [0.1, 0.15) is 15.9 Å². The highest BCUT2D eigenvalue weighted by atomic mass is 19.1. The fourth-order valence-electron chi connectivity index (χ4n) is 3.50. The van der Waals surface area contributed by atoms with Crippen LogP contribution in [0.5, 0.6) is 0 Å². The van der Waals surface area contributed by atoms with Crippen LogP contribution in [0.3, 0.4) is 0 Å². The molecule has 1 aromatic heterocycles. The molecule has 0 radical (unpaired) electrons. The molecule has 156 valence electrons. The molecule has 31 heavy (non-hydrogen) atoms. The monoisotopic (exact) mass is 417 g/mol. The number of amides is 3. The summed E-state index contributed by atoms with van der Waals surface area (Å²) in [5.74, 6) is -0.910. The van der Waals surface area contributed by atoms with Crippen LogP contribution in [-0.2, 0) is 13.6 Å². The van der Waals surface area contributed by atoms with Gasteiger partial charge in [-0.05, 0) is 42.0 Å². The molecule has 7 nitrogen and oxygen atoms in total. The van der Waals surface area contributed by atoms with Crippen LogP contribution in [0.4, 0.5) is 14.9 Å². The summed E-state index contributed by atoms with van der Waals surface area (Å²) in [6, 6.07) is 17.9. The zero-order chi connectivity index (χ0) is 22.0. The average Bonchev–Trinajstić information content (AvgIpc) is 3.10. The summed E-state index contributed by atoms with van der Waals surface area (Å²) < 4.78 is 14.7. The molecule has 4 rings (SSSR count). The lowest BCUT2D eigenvalue weighted by atomic mass is 9.99. The molecule has 0 atom stereocenters. The molecule has 3 aromatic carbocycles. The third kappa shape index (κ3) is 4.09. The molecule has 0 fully saturated rings. The molecule has 8 heteroatoms. The molecule has 0 aliphatic carbocycles. The van der Waals surface area contributed by atoms with Gasteiger partial charge in [0, 0.05) is 30.2 Å². The van der Waals surface area contributed by atoms with E-state index in [0.717, 1.165) is 16.6 Å². The van der Waals surface area contributed by atoms with Gasteiger partial charge in [0.15, 0.2) is 0 Å². The summed E-state index contributed by atoms with van der Waals surface area (Å²) in [5, 5.41) is 10.7. The van der Waals surface area contributed by atoms with Crippen molar-refractivity contribution < 1.29 is 14.0 Å². The predicted octanol–water partition coefficient (Wildman–Crippen LogP) is 3.80. The SMILES string of the molecule is Cn1nc(-c2ccccc2CNC(=O)Nc2ccc(F)cc2)c2c(C(N)=O)cccc21. The second-order valence-corrected chi connectivity index (χ2v) is 7.01. The van der Waals surface area contributed by atoms with Crippen LogP contribution in [-0.4, -0.2) is 21.7 Å². The Morgan fingerprint density at radius 1 is 1.03 bits per heavy atom. The lowest BCUT2D eigenvalue weighted by molar-refractivity contribution is 0.100. The largest absolute Gasteiger partial charge is 0.366 e. The minimum Gasteiger partial charge on any atom is -0.366 e. The van der Waals surface area contributed by atoms with Crippen LogP contribution in [0, 0.1) is 5.82 Å². The molecule has 0 unspecified atom stereocenters. The van der Waals surface area contributed by atoms with Crippen LogP contribution in [0.15, 0.2) is 66.7 Å². The third-order valence-electron chi connectivity index (χ3n) is 4.96. The Hall–Kier alpha value is -4.20. The smallest absolute Gasteiger partial charge is 0.319 e. The van der Waals surface area contributed by atoms with Gasteiger partial charge in [-0.3, -0.25) is 9.48 Å². The van der Waals surface area contributed by atoms with Gasteiger partial charge in [0.2, 0.25) is 5.91 Å². The fourth-order valence-corrected chi connectivity index (χ4v) is 3.50. The standard InChI is InChI=1S/C23H20FN5O2/c1-29-19-8-4-7-18(22(25)30)20(19)21(28-29)17-6-3-2-5-14(17)13-26-23(31)27-16-11-9-15(24)10-12-16/h2-12H,13H2,1H3,(H2,25,30)(H2,26,27,31). The van der Waals surface area contributed by atoms with E-state index in [4.69, 9.17) is 5.73 Å². The van der Waals surface area contributed by atoms with Crippen LogP contribution in [0.2, 0.25) is 0 Å². The Labute approximate surface area is 177 Å². The molecule has 3 amide bonds. The fraction of sp³-hybridized carbons (Fsp3) is 0.0870. The number of nitrogens with one attached hydrogen (secondary N) is 2. The van der Waals surface area contributed by atoms with Gasteiger partial charge in [-0.2, -0.15) is 5.10 Å². The van der Waals surface area contributed by atoms with Gasteiger partial charge >= 0.3 is 6.03 Å². The maximum Gasteiger partial charge on any atom is 0.319 e. The summed E-state index contributed by atoms with van der Waals surface area (Å²) in [6.45, 7) is 0.222. The number of rotatable bonds is 5. The Kier molecular flexibility index (Phi) is 5.36. The Balaban J connectivity index is 1.63. The second-order valence-electron chi connectivity index (χ2n) is 7.01. The molecular formula is C23H20FN5O2. The van der Waals surface area contributed by atoms with E-state index in [0.29, 0.717) is 22.3 Å². The minimum absolute atomic E-state index is 0.222. The predicted molar refractivity (Wildman–Crippen MR) is 117 cm³/mol. The maximum atomic E-state index is 13.0. The van der Waals surface area contributed by atoms with E-state index in [2.05, 4.69) is 15.7 Å². The molecule has 0 spiro atoms. The molecule has 4 aromatic rings. The van der Waals surface area contributed by atoms with Crippen LogP contribution < -0.4 is 16.4 Å². The number of nitrogens with zero attached hydrogens (tertiary/aromatic N) is 2. The van der Waals surface area contributed by atoms with E-state index in [1.807, 2.05) is 30.3 Å². The number of carbonyl (C=O) groups is 2. The normalized spacial score (nSPS) is 10.8. The Morgan fingerprint density at radius 2 is 1.77 bits per heavy atom.